The van der Waals surface area contributed by atoms with Gasteiger partial charge >= 0.3 is 5.97 Å². The maximum atomic E-state index is 12.5. The molecule has 1 aliphatic rings. The highest BCUT2D eigenvalue weighted by molar-refractivity contribution is 7.80. The van der Waals surface area contributed by atoms with Crippen LogP contribution in [-0.2, 0) is 9.53 Å². The minimum atomic E-state index is -0.619. The number of ether oxygens (including phenoxy) is 1. The lowest BCUT2D eigenvalue weighted by Gasteiger charge is -2.19. The molecule has 5 heteroatoms. The number of likely N-dealkylation sites (N-methyl/N-ethyl adjacent to an activating group) is 1. The van der Waals surface area contributed by atoms with Crippen molar-refractivity contribution in [3.63, 3.8) is 0 Å². The van der Waals surface area contributed by atoms with E-state index in [1.165, 1.54) is 25.7 Å². The maximum Gasteiger partial charge on any atom is 0.322 e. The average molecular weight is 320 g/mol. The molecule has 2 rings (SSSR count). The van der Waals surface area contributed by atoms with E-state index in [9.17, 15) is 4.79 Å². The molecule has 0 bridgehead atoms. The van der Waals surface area contributed by atoms with E-state index < -0.39 is 5.92 Å². The lowest BCUT2D eigenvalue weighted by atomic mass is 10.0. The molecule has 1 unspecified atom stereocenters. The van der Waals surface area contributed by atoms with Crippen LogP contribution < -0.4 is 5.32 Å². The Balaban J connectivity index is 1.98. The molecule has 1 aliphatic carbocycles. The van der Waals surface area contributed by atoms with E-state index in [0.717, 1.165) is 12.8 Å². The first kappa shape index (κ1) is 16.9. The van der Waals surface area contributed by atoms with Gasteiger partial charge in [0.15, 0.2) is 0 Å². The Morgan fingerprint density at radius 2 is 2.09 bits per heavy atom. The normalized spacial score (nSPS) is 17.3. The van der Waals surface area contributed by atoms with E-state index in [1.807, 2.05) is 12.1 Å². The number of hydrogen-bond donors (Lipinski definition) is 1. The highest BCUT2D eigenvalue weighted by Crippen LogP contribution is 2.24. The topological polar surface area (TPSA) is 51.2 Å². The predicted molar refractivity (Wildman–Crippen MR) is 90.8 cm³/mol. The Bertz CT molecular complexity index is 485. The molecule has 22 heavy (non-hydrogen) atoms. The van der Waals surface area contributed by atoms with Crippen molar-refractivity contribution < 1.29 is 9.53 Å². The van der Waals surface area contributed by atoms with Gasteiger partial charge in [0.2, 0.25) is 0 Å². The van der Waals surface area contributed by atoms with Crippen molar-refractivity contribution in [2.75, 3.05) is 13.7 Å². The molecule has 1 heterocycles. The van der Waals surface area contributed by atoms with Crippen molar-refractivity contribution in [1.29, 1.82) is 0 Å². The Labute approximate surface area is 137 Å². The van der Waals surface area contributed by atoms with E-state index in [-0.39, 0.29) is 5.97 Å². The summed E-state index contributed by atoms with van der Waals surface area (Å²) in [6, 6.07) is 5.48. The molecule has 0 saturated heterocycles. The van der Waals surface area contributed by atoms with Crippen molar-refractivity contribution in [3.8, 4) is 0 Å². The molecule has 0 aliphatic heterocycles. The summed E-state index contributed by atoms with van der Waals surface area (Å²) in [4.78, 5) is 17.2. The summed E-state index contributed by atoms with van der Waals surface area (Å²) in [5.74, 6) is -0.437. The molecule has 1 aromatic heterocycles. The number of carbonyl (C=O) groups excluding carboxylic acids is 1. The zero-order valence-corrected chi connectivity index (χ0v) is 13.9. The number of thiocarbonyl (C=S) groups is 1. The number of nitrogens with zero attached hydrogens (tertiary/aromatic N) is 1. The third-order valence-corrected chi connectivity index (χ3v) is 4.60. The van der Waals surface area contributed by atoms with Crippen LogP contribution in [0.4, 0.5) is 0 Å². The first-order valence-electron chi connectivity index (χ1n) is 8.01. The van der Waals surface area contributed by atoms with Crippen LogP contribution in [0.5, 0.6) is 0 Å². The third-order valence-electron chi connectivity index (χ3n) is 4.16. The van der Waals surface area contributed by atoms with Crippen LogP contribution in [0.3, 0.4) is 0 Å². The quantitative estimate of drug-likeness (QED) is 0.513. The smallest absolute Gasteiger partial charge is 0.322 e. The summed E-state index contributed by atoms with van der Waals surface area (Å²) in [7, 11) is 1.72. The van der Waals surface area contributed by atoms with Gasteiger partial charge in [0.25, 0.3) is 0 Å². The van der Waals surface area contributed by atoms with Gasteiger partial charge in [-0.1, -0.05) is 44.0 Å². The molecule has 1 saturated carbocycles. The second-order valence-corrected chi connectivity index (χ2v) is 6.23. The SMILES string of the molecule is CNC(=S)C(C(=O)OCC1CCCCCC1)c1ccccn1. The molecule has 1 aromatic rings. The molecular formula is C17H24N2O2S. The third kappa shape index (κ3) is 4.77. The summed E-state index contributed by atoms with van der Waals surface area (Å²) in [6.45, 7) is 0.495. The van der Waals surface area contributed by atoms with Crippen LogP contribution in [0.1, 0.15) is 50.1 Å². The highest BCUT2D eigenvalue weighted by atomic mass is 32.1. The van der Waals surface area contributed by atoms with Gasteiger partial charge in [0.1, 0.15) is 5.92 Å². The molecule has 0 amide bonds. The molecule has 0 spiro atoms. The fourth-order valence-corrected chi connectivity index (χ4v) is 3.08. The second-order valence-electron chi connectivity index (χ2n) is 5.79. The van der Waals surface area contributed by atoms with E-state index in [0.29, 0.717) is 23.2 Å². The number of rotatable bonds is 5. The van der Waals surface area contributed by atoms with Crippen LogP contribution >= 0.6 is 12.2 Å². The van der Waals surface area contributed by atoms with Gasteiger partial charge in [-0.15, -0.1) is 0 Å². The summed E-state index contributed by atoms with van der Waals surface area (Å²) < 4.78 is 5.57. The van der Waals surface area contributed by atoms with Gasteiger partial charge in [0, 0.05) is 13.2 Å². The van der Waals surface area contributed by atoms with Crippen molar-refractivity contribution in [2.45, 2.75) is 44.4 Å². The molecule has 120 valence electrons. The summed E-state index contributed by atoms with van der Waals surface area (Å²) in [5.41, 5.74) is 0.632. The molecule has 1 fully saturated rings. The molecular weight excluding hydrogens is 296 g/mol. The zero-order chi connectivity index (χ0) is 15.8. The molecule has 1 N–H and O–H groups in total. The van der Waals surface area contributed by atoms with Gasteiger partial charge in [-0.2, -0.15) is 0 Å². The molecule has 4 nitrogen and oxygen atoms in total. The van der Waals surface area contributed by atoms with Crippen LogP contribution in [0.25, 0.3) is 0 Å². The number of hydrogen-bond acceptors (Lipinski definition) is 4. The predicted octanol–water partition coefficient (Wildman–Crippen LogP) is 3.23. The lowest BCUT2D eigenvalue weighted by Crippen LogP contribution is -2.32. The standard InChI is InChI=1S/C17H24N2O2S/c1-18-16(22)15(14-10-6-7-11-19-14)17(20)21-12-13-8-4-2-3-5-9-13/h6-7,10-11,13,15H,2-5,8-9,12H2,1H3,(H,18,22). The Hall–Kier alpha value is -1.49. The molecule has 0 radical (unpaired) electrons. The molecule has 1 atom stereocenters. The minimum absolute atomic E-state index is 0.303. The van der Waals surface area contributed by atoms with Crippen molar-refractivity contribution in [1.82, 2.24) is 10.3 Å². The van der Waals surface area contributed by atoms with E-state index in [1.54, 1.807) is 19.3 Å². The number of nitrogens with one attached hydrogen (secondary N) is 1. The van der Waals surface area contributed by atoms with Crippen molar-refractivity contribution in [2.24, 2.45) is 5.92 Å². The second kappa shape index (κ2) is 8.83. The largest absolute Gasteiger partial charge is 0.465 e. The van der Waals surface area contributed by atoms with Crippen molar-refractivity contribution >= 4 is 23.2 Å². The maximum absolute atomic E-state index is 12.5. The number of carbonyl (C=O) groups is 1. The average Bonchev–Trinajstić information content (AvgIpc) is 2.82. The molecule has 0 aromatic carbocycles. The monoisotopic (exact) mass is 320 g/mol. The van der Waals surface area contributed by atoms with Crippen LogP contribution in [0, 0.1) is 5.92 Å². The van der Waals surface area contributed by atoms with Gasteiger partial charge in [-0.05, 0) is 30.9 Å². The van der Waals surface area contributed by atoms with Crippen LogP contribution in [0.15, 0.2) is 24.4 Å². The Morgan fingerprint density at radius 1 is 1.36 bits per heavy atom. The highest BCUT2D eigenvalue weighted by Gasteiger charge is 2.28. The van der Waals surface area contributed by atoms with Gasteiger partial charge < -0.3 is 10.1 Å². The fraction of sp³-hybridized carbons (Fsp3) is 0.588. The first-order chi connectivity index (χ1) is 10.7. The van der Waals surface area contributed by atoms with E-state index in [4.69, 9.17) is 17.0 Å². The number of aromatic nitrogens is 1. The van der Waals surface area contributed by atoms with E-state index in [2.05, 4.69) is 10.3 Å². The lowest BCUT2D eigenvalue weighted by molar-refractivity contribution is -0.145. The van der Waals surface area contributed by atoms with Gasteiger partial charge in [0.05, 0.1) is 17.3 Å². The van der Waals surface area contributed by atoms with Crippen LogP contribution in [-0.4, -0.2) is 29.6 Å². The Morgan fingerprint density at radius 3 is 2.68 bits per heavy atom. The van der Waals surface area contributed by atoms with Crippen LogP contribution in [0.2, 0.25) is 0 Å². The van der Waals surface area contributed by atoms with Gasteiger partial charge in [-0.25, -0.2) is 0 Å². The fourth-order valence-electron chi connectivity index (χ4n) is 2.87. The number of esters is 1. The van der Waals surface area contributed by atoms with Gasteiger partial charge in [-0.3, -0.25) is 9.78 Å². The summed E-state index contributed by atoms with van der Waals surface area (Å²) in [5, 5.41) is 2.88. The number of pyridine rings is 1. The Kier molecular flexibility index (Phi) is 6.77. The summed E-state index contributed by atoms with van der Waals surface area (Å²) in [6.07, 6.45) is 9.03. The van der Waals surface area contributed by atoms with Crippen molar-refractivity contribution in [3.05, 3.63) is 30.1 Å². The zero-order valence-electron chi connectivity index (χ0n) is 13.1. The minimum Gasteiger partial charge on any atom is -0.465 e. The summed E-state index contributed by atoms with van der Waals surface area (Å²) >= 11 is 5.28. The first-order valence-corrected chi connectivity index (χ1v) is 8.42. The van der Waals surface area contributed by atoms with E-state index >= 15 is 0 Å².